The van der Waals surface area contributed by atoms with Gasteiger partial charge in [0.15, 0.2) is 0 Å². The molecule has 2 atom stereocenters. The molecule has 1 aromatic carbocycles. The molecule has 1 saturated heterocycles. The van der Waals surface area contributed by atoms with E-state index in [9.17, 15) is 19.5 Å². The Kier molecular flexibility index (Phi) is 4.17. The molecule has 0 spiro atoms. The number of benzene rings is 1. The van der Waals surface area contributed by atoms with E-state index in [0.29, 0.717) is 24.2 Å². The van der Waals surface area contributed by atoms with E-state index in [-0.39, 0.29) is 17.9 Å². The number of piperidine rings is 1. The van der Waals surface area contributed by atoms with Crippen molar-refractivity contribution in [2.45, 2.75) is 38.3 Å². The Morgan fingerprint density at radius 2 is 2.04 bits per heavy atom. The van der Waals surface area contributed by atoms with Gasteiger partial charge in [-0.15, -0.1) is 0 Å². The van der Waals surface area contributed by atoms with Gasteiger partial charge in [0.2, 0.25) is 5.91 Å². The second-order valence-electron chi connectivity index (χ2n) is 6.36. The highest BCUT2D eigenvalue weighted by molar-refractivity contribution is 6.05. The zero-order valence-electron chi connectivity index (χ0n) is 13.8. The van der Waals surface area contributed by atoms with Crippen LogP contribution < -0.4 is 10.2 Å². The van der Waals surface area contributed by atoms with E-state index >= 15 is 0 Å². The number of likely N-dealkylation sites (tertiary alicyclic amines) is 1. The zero-order chi connectivity index (χ0) is 17.4. The molecule has 2 amide bonds. The van der Waals surface area contributed by atoms with E-state index in [1.54, 1.807) is 18.2 Å². The van der Waals surface area contributed by atoms with Crippen LogP contribution in [0.2, 0.25) is 0 Å². The molecule has 3 rings (SSSR count). The molecule has 0 saturated carbocycles. The normalized spacial score (nSPS) is 23.5. The van der Waals surface area contributed by atoms with E-state index in [4.69, 9.17) is 0 Å². The van der Waals surface area contributed by atoms with E-state index in [0.717, 1.165) is 18.5 Å². The highest BCUT2D eigenvalue weighted by Crippen LogP contribution is 2.32. The maximum absolute atomic E-state index is 12.8. The quantitative estimate of drug-likeness (QED) is 0.858. The number of nitrogens with zero attached hydrogens (tertiary/aromatic N) is 2. The highest BCUT2D eigenvalue weighted by Gasteiger charge is 2.33. The number of carbonyl (C=O) groups excluding carboxylic acids is 2. The molecule has 0 radical (unpaired) electrons. The number of hydrogen-bond acceptors (Lipinski definition) is 4. The van der Waals surface area contributed by atoms with Crippen molar-refractivity contribution >= 4 is 29.2 Å². The van der Waals surface area contributed by atoms with Gasteiger partial charge in [-0.1, -0.05) is 0 Å². The van der Waals surface area contributed by atoms with Gasteiger partial charge in [-0.3, -0.25) is 9.59 Å². The van der Waals surface area contributed by atoms with Gasteiger partial charge < -0.3 is 20.2 Å². The minimum absolute atomic E-state index is 0.129. The number of carbonyl (C=O) groups is 3. The maximum atomic E-state index is 12.8. The van der Waals surface area contributed by atoms with Crippen LogP contribution in [0.15, 0.2) is 18.2 Å². The van der Waals surface area contributed by atoms with E-state index in [2.05, 4.69) is 5.32 Å². The Hall–Kier alpha value is -2.57. The molecule has 1 fully saturated rings. The van der Waals surface area contributed by atoms with Crippen molar-refractivity contribution in [1.82, 2.24) is 4.90 Å². The van der Waals surface area contributed by atoms with Gasteiger partial charge in [0.05, 0.1) is 11.4 Å². The zero-order valence-corrected chi connectivity index (χ0v) is 13.8. The number of nitrogens with one attached hydrogen (secondary N) is 1. The van der Waals surface area contributed by atoms with Crippen molar-refractivity contribution < 1.29 is 19.5 Å². The van der Waals surface area contributed by atoms with Crippen LogP contribution in [0.3, 0.4) is 0 Å². The number of amides is 2. The van der Waals surface area contributed by atoms with Crippen LogP contribution in [-0.4, -0.2) is 53.5 Å². The Bertz CT molecular complexity index is 703. The van der Waals surface area contributed by atoms with Crippen molar-refractivity contribution in [3.63, 3.8) is 0 Å². The first-order valence-corrected chi connectivity index (χ1v) is 8.11. The molecule has 128 valence electrons. The van der Waals surface area contributed by atoms with Gasteiger partial charge >= 0.3 is 5.97 Å². The minimum Gasteiger partial charge on any atom is -0.480 e. The lowest BCUT2D eigenvalue weighted by Crippen LogP contribution is -2.48. The van der Waals surface area contributed by atoms with Crippen molar-refractivity contribution in [2.75, 3.05) is 23.8 Å². The molecule has 2 unspecified atom stereocenters. The monoisotopic (exact) mass is 331 g/mol. The average molecular weight is 331 g/mol. The van der Waals surface area contributed by atoms with Crippen LogP contribution >= 0.6 is 0 Å². The number of hydrogen-bond donors (Lipinski definition) is 2. The number of carboxylic acid groups (broad SMARTS) is 1. The van der Waals surface area contributed by atoms with Gasteiger partial charge in [-0.25, -0.2) is 4.79 Å². The Morgan fingerprint density at radius 3 is 2.75 bits per heavy atom. The fourth-order valence-electron chi connectivity index (χ4n) is 3.30. The summed E-state index contributed by atoms with van der Waals surface area (Å²) in [4.78, 5) is 39.4. The van der Waals surface area contributed by atoms with Gasteiger partial charge in [0, 0.05) is 19.2 Å². The second-order valence-corrected chi connectivity index (χ2v) is 6.36. The topological polar surface area (TPSA) is 90.0 Å². The smallest absolute Gasteiger partial charge is 0.326 e. The molecule has 1 aromatic rings. The molecule has 0 aliphatic carbocycles. The van der Waals surface area contributed by atoms with E-state index in [1.165, 1.54) is 4.90 Å². The summed E-state index contributed by atoms with van der Waals surface area (Å²) in [7, 11) is 1.83. The van der Waals surface area contributed by atoms with Crippen molar-refractivity contribution in [3.8, 4) is 0 Å². The highest BCUT2D eigenvalue weighted by atomic mass is 16.4. The SMILES string of the molecule is CC1C(=O)Nc2cc(C(=O)N3CCCCC3C(=O)O)ccc2N1C. The van der Waals surface area contributed by atoms with Crippen LogP contribution in [0.1, 0.15) is 36.5 Å². The standard InChI is InChI=1S/C17H21N3O4/c1-10-15(21)18-12-9-11(6-7-13(12)19(10)2)16(22)20-8-4-3-5-14(20)17(23)24/h6-7,9-10,14H,3-5,8H2,1-2H3,(H,18,21)(H,23,24). The molecule has 0 bridgehead atoms. The Balaban J connectivity index is 1.90. The van der Waals surface area contributed by atoms with E-state index in [1.807, 2.05) is 18.9 Å². The first-order valence-electron chi connectivity index (χ1n) is 8.11. The third-order valence-electron chi connectivity index (χ3n) is 4.89. The number of aliphatic carboxylic acids is 1. The fourth-order valence-corrected chi connectivity index (χ4v) is 3.30. The largest absolute Gasteiger partial charge is 0.480 e. The van der Waals surface area contributed by atoms with Gasteiger partial charge in [-0.05, 0) is 44.4 Å². The maximum Gasteiger partial charge on any atom is 0.326 e. The fraction of sp³-hybridized carbons (Fsp3) is 0.471. The van der Waals surface area contributed by atoms with Crippen LogP contribution in [0, 0.1) is 0 Å². The summed E-state index contributed by atoms with van der Waals surface area (Å²) in [6.45, 7) is 2.25. The lowest BCUT2D eigenvalue weighted by Gasteiger charge is -2.35. The lowest BCUT2D eigenvalue weighted by molar-refractivity contribution is -0.143. The molecular weight excluding hydrogens is 310 g/mol. The minimum atomic E-state index is -0.970. The summed E-state index contributed by atoms with van der Waals surface area (Å²) >= 11 is 0. The first-order chi connectivity index (χ1) is 11.4. The van der Waals surface area contributed by atoms with Crippen LogP contribution in [0.25, 0.3) is 0 Å². The summed E-state index contributed by atoms with van der Waals surface area (Å²) in [5.74, 6) is -1.40. The van der Waals surface area contributed by atoms with E-state index < -0.39 is 12.0 Å². The predicted molar refractivity (Wildman–Crippen MR) is 89.2 cm³/mol. The lowest BCUT2D eigenvalue weighted by atomic mass is 10.00. The molecular formula is C17H21N3O4. The van der Waals surface area contributed by atoms with Gasteiger partial charge in [0.25, 0.3) is 5.91 Å². The van der Waals surface area contributed by atoms with Crippen LogP contribution in [0.5, 0.6) is 0 Å². The molecule has 24 heavy (non-hydrogen) atoms. The summed E-state index contributed by atoms with van der Waals surface area (Å²) in [5.41, 5.74) is 1.81. The third kappa shape index (κ3) is 2.70. The van der Waals surface area contributed by atoms with Crippen LogP contribution in [0.4, 0.5) is 11.4 Å². The molecule has 0 aromatic heterocycles. The molecule has 2 aliphatic heterocycles. The van der Waals surface area contributed by atoms with Crippen LogP contribution in [-0.2, 0) is 9.59 Å². The predicted octanol–water partition coefficient (Wildman–Crippen LogP) is 1.54. The van der Waals surface area contributed by atoms with Crippen molar-refractivity contribution in [1.29, 1.82) is 0 Å². The summed E-state index contributed by atoms with van der Waals surface area (Å²) < 4.78 is 0. The van der Waals surface area contributed by atoms with Gasteiger partial charge in [-0.2, -0.15) is 0 Å². The number of fused-ring (bicyclic) bond motifs is 1. The first kappa shape index (κ1) is 16.3. The molecule has 2 N–H and O–H groups in total. The summed E-state index contributed by atoms with van der Waals surface area (Å²) in [6, 6.07) is 4.05. The number of anilines is 2. The second kappa shape index (κ2) is 6.14. The number of rotatable bonds is 2. The Labute approximate surface area is 140 Å². The van der Waals surface area contributed by atoms with Crippen molar-refractivity contribution in [2.24, 2.45) is 0 Å². The average Bonchev–Trinajstić information content (AvgIpc) is 2.58. The number of carboxylic acids is 1. The molecule has 2 aliphatic rings. The third-order valence-corrected chi connectivity index (χ3v) is 4.89. The van der Waals surface area contributed by atoms with Crippen molar-refractivity contribution in [3.05, 3.63) is 23.8 Å². The summed E-state index contributed by atoms with van der Waals surface area (Å²) in [5, 5.41) is 12.1. The number of likely N-dealkylation sites (N-methyl/N-ethyl adjacent to an activating group) is 1. The Morgan fingerprint density at radius 1 is 1.29 bits per heavy atom. The van der Waals surface area contributed by atoms with Gasteiger partial charge in [0.1, 0.15) is 12.1 Å². The molecule has 7 heteroatoms. The summed E-state index contributed by atoms with van der Waals surface area (Å²) in [6.07, 6.45) is 2.09. The molecule has 7 nitrogen and oxygen atoms in total. The molecule has 2 heterocycles.